The van der Waals surface area contributed by atoms with E-state index in [-0.39, 0.29) is 5.91 Å². The SMILES string of the molecule is CCc1cc(C(=O)NCc2ccc(OC)nc2)cc(Cl)n1. The van der Waals surface area contributed by atoms with Gasteiger partial charge in [-0.2, -0.15) is 0 Å². The van der Waals surface area contributed by atoms with Gasteiger partial charge in [-0.15, -0.1) is 0 Å². The summed E-state index contributed by atoms with van der Waals surface area (Å²) in [6.07, 6.45) is 2.39. The van der Waals surface area contributed by atoms with Crippen LogP contribution in [0.2, 0.25) is 5.15 Å². The minimum atomic E-state index is -0.190. The summed E-state index contributed by atoms with van der Waals surface area (Å²) in [5.41, 5.74) is 2.19. The van der Waals surface area contributed by atoms with Crippen molar-refractivity contribution >= 4 is 17.5 Å². The van der Waals surface area contributed by atoms with Gasteiger partial charge in [-0.3, -0.25) is 4.79 Å². The van der Waals surface area contributed by atoms with Gasteiger partial charge < -0.3 is 10.1 Å². The number of hydrogen-bond donors (Lipinski definition) is 1. The van der Waals surface area contributed by atoms with Crippen molar-refractivity contribution in [1.29, 1.82) is 0 Å². The van der Waals surface area contributed by atoms with Gasteiger partial charge in [0.25, 0.3) is 5.91 Å². The molecule has 21 heavy (non-hydrogen) atoms. The van der Waals surface area contributed by atoms with E-state index in [2.05, 4.69) is 15.3 Å². The van der Waals surface area contributed by atoms with Gasteiger partial charge in [0.15, 0.2) is 0 Å². The Morgan fingerprint density at radius 1 is 1.38 bits per heavy atom. The molecule has 6 heteroatoms. The van der Waals surface area contributed by atoms with Crippen molar-refractivity contribution in [2.45, 2.75) is 19.9 Å². The molecule has 1 N–H and O–H groups in total. The molecule has 0 aliphatic carbocycles. The Kier molecular flexibility index (Phi) is 5.11. The van der Waals surface area contributed by atoms with Gasteiger partial charge in [-0.05, 0) is 24.1 Å². The summed E-state index contributed by atoms with van der Waals surface area (Å²) in [5.74, 6) is 0.350. The van der Waals surface area contributed by atoms with Crippen LogP contribution in [0, 0.1) is 0 Å². The molecule has 0 saturated carbocycles. The van der Waals surface area contributed by atoms with Crippen molar-refractivity contribution in [1.82, 2.24) is 15.3 Å². The summed E-state index contributed by atoms with van der Waals surface area (Å²) in [6.45, 7) is 2.35. The first-order valence-corrected chi connectivity index (χ1v) is 6.93. The maximum Gasteiger partial charge on any atom is 0.251 e. The van der Waals surface area contributed by atoms with Gasteiger partial charge in [0.2, 0.25) is 5.88 Å². The first kappa shape index (κ1) is 15.3. The third kappa shape index (κ3) is 4.16. The molecular formula is C15H16ClN3O2. The third-order valence-electron chi connectivity index (χ3n) is 2.93. The molecule has 0 saturated heterocycles. The number of pyridine rings is 2. The summed E-state index contributed by atoms with van der Waals surface area (Å²) in [7, 11) is 1.56. The standard InChI is InChI=1S/C15H16ClN3O2/c1-3-12-6-11(7-13(16)19-12)15(20)18-9-10-4-5-14(21-2)17-8-10/h4-8H,3,9H2,1-2H3,(H,18,20). The van der Waals surface area contributed by atoms with Gasteiger partial charge in [0.1, 0.15) is 5.15 Å². The lowest BCUT2D eigenvalue weighted by molar-refractivity contribution is 0.0950. The minimum Gasteiger partial charge on any atom is -0.481 e. The number of rotatable bonds is 5. The van der Waals surface area contributed by atoms with Crippen molar-refractivity contribution in [2.75, 3.05) is 7.11 Å². The van der Waals surface area contributed by atoms with E-state index >= 15 is 0 Å². The number of nitrogens with zero attached hydrogens (tertiary/aromatic N) is 2. The maximum absolute atomic E-state index is 12.1. The van der Waals surface area contributed by atoms with Crippen LogP contribution in [-0.4, -0.2) is 23.0 Å². The number of carbonyl (C=O) groups excluding carboxylic acids is 1. The second-order valence-electron chi connectivity index (χ2n) is 4.41. The predicted molar refractivity (Wildman–Crippen MR) is 80.6 cm³/mol. The quantitative estimate of drug-likeness (QED) is 0.863. The van der Waals surface area contributed by atoms with Crippen molar-refractivity contribution in [3.8, 4) is 5.88 Å². The summed E-state index contributed by atoms with van der Waals surface area (Å²) in [6, 6.07) is 6.90. The first-order chi connectivity index (χ1) is 10.1. The first-order valence-electron chi connectivity index (χ1n) is 6.56. The molecule has 0 radical (unpaired) electrons. The van der Waals surface area contributed by atoms with Crippen LogP contribution in [0.25, 0.3) is 0 Å². The smallest absolute Gasteiger partial charge is 0.251 e. The van der Waals surface area contributed by atoms with E-state index in [0.717, 1.165) is 17.7 Å². The fraction of sp³-hybridized carbons (Fsp3) is 0.267. The number of halogens is 1. The molecule has 0 atom stereocenters. The zero-order valence-electron chi connectivity index (χ0n) is 11.9. The van der Waals surface area contributed by atoms with Crippen molar-refractivity contribution in [3.05, 3.63) is 52.4 Å². The number of aromatic nitrogens is 2. The summed E-state index contributed by atoms with van der Waals surface area (Å²) in [5, 5.41) is 3.15. The lowest BCUT2D eigenvalue weighted by atomic mass is 10.2. The monoisotopic (exact) mass is 305 g/mol. The molecule has 2 aromatic heterocycles. The highest BCUT2D eigenvalue weighted by atomic mass is 35.5. The Morgan fingerprint density at radius 2 is 2.19 bits per heavy atom. The average molecular weight is 306 g/mol. The highest BCUT2D eigenvalue weighted by Crippen LogP contribution is 2.12. The fourth-order valence-corrected chi connectivity index (χ4v) is 2.01. The van der Waals surface area contributed by atoms with E-state index in [4.69, 9.17) is 16.3 Å². The van der Waals surface area contributed by atoms with E-state index in [1.54, 1.807) is 31.5 Å². The molecule has 2 heterocycles. The second-order valence-corrected chi connectivity index (χ2v) is 4.80. The number of ether oxygens (including phenoxy) is 1. The average Bonchev–Trinajstić information content (AvgIpc) is 2.52. The van der Waals surface area contributed by atoms with E-state index in [9.17, 15) is 4.79 Å². The Balaban J connectivity index is 2.02. The highest BCUT2D eigenvalue weighted by molar-refractivity contribution is 6.29. The number of methoxy groups -OCH3 is 1. The number of hydrogen-bond acceptors (Lipinski definition) is 4. The third-order valence-corrected chi connectivity index (χ3v) is 3.12. The zero-order chi connectivity index (χ0) is 15.2. The zero-order valence-corrected chi connectivity index (χ0v) is 12.6. The Labute approximate surface area is 128 Å². The molecule has 1 amide bonds. The van der Waals surface area contributed by atoms with Crippen LogP contribution >= 0.6 is 11.6 Å². The summed E-state index contributed by atoms with van der Waals surface area (Å²) >= 11 is 5.91. The van der Waals surface area contributed by atoms with Crippen molar-refractivity contribution in [3.63, 3.8) is 0 Å². The van der Waals surface area contributed by atoms with E-state index in [0.29, 0.717) is 23.1 Å². The van der Waals surface area contributed by atoms with Gasteiger partial charge in [0.05, 0.1) is 7.11 Å². The van der Waals surface area contributed by atoms with Crippen LogP contribution < -0.4 is 10.1 Å². The molecule has 0 spiro atoms. The van der Waals surface area contributed by atoms with Gasteiger partial charge in [-0.25, -0.2) is 9.97 Å². The summed E-state index contributed by atoms with van der Waals surface area (Å²) < 4.78 is 4.98. The van der Waals surface area contributed by atoms with Crippen molar-refractivity contribution < 1.29 is 9.53 Å². The molecule has 2 rings (SSSR count). The Hall–Kier alpha value is -2.14. The van der Waals surface area contributed by atoms with E-state index < -0.39 is 0 Å². The van der Waals surface area contributed by atoms with Crippen LogP contribution in [0.15, 0.2) is 30.5 Å². The molecule has 0 aliphatic heterocycles. The predicted octanol–water partition coefficient (Wildman–Crippen LogP) is 2.63. The number of nitrogens with one attached hydrogen (secondary N) is 1. The molecule has 0 bridgehead atoms. The van der Waals surface area contributed by atoms with Gasteiger partial charge in [0, 0.05) is 30.1 Å². The van der Waals surface area contributed by atoms with E-state index in [1.807, 2.05) is 13.0 Å². The topological polar surface area (TPSA) is 64.1 Å². The molecule has 0 aliphatic rings. The second kappa shape index (κ2) is 7.04. The Bertz CT molecular complexity index is 629. The number of carbonyl (C=O) groups is 1. The molecule has 0 unspecified atom stereocenters. The van der Waals surface area contributed by atoms with Crippen molar-refractivity contribution in [2.24, 2.45) is 0 Å². The van der Waals surface area contributed by atoms with Crippen LogP contribution in [0.4, 0.5) is 0 Å². The lowest BCUT2D eigenvalue weighted by Crippen LogP contribution is -2.23. The highest BCUT2D eigenvalue weighted by Gasteiger charge is 2.08. The minimum absolute atomic E-state index is 0.190. The lowest BCUT2D eigenvalue weighted by Gasteiger charge is -2.07. The van der Waals surface area contributed by atoms with Gasteiger partial charge >= 0.3 is 0 Å². The molecular weight excluding hydrogens is 290 g/mol. The largest absolute Gasteiger partial charge is 0.481 e. The molecule has 2 aromatic rings. The molecule has 0 fully saturated rings. The summed E-state index contributed by atoms with van der Waals surface area (Å²) in [4.78, 5) is 20.3. The van der Waals surface area contributed by atoms with Crippen LogP contribution in [-0.2, 0) is 13.0 Å². The normalized spacial score (nSPS) is 10.2. The van der Waals surface area contributed by atoms with Crippen LogP contribution in [0.5, 0.6) is 5.88 Å². The fourth-order valence-electron chi connectivity index (χ4n) is 1.78. The van der Waals surface area contributed by atoms with E-state index in [1.165, 1.54) is 0 Å². The maximum atomic E-state index is 12.1. The number of amides is 1. The number of aryl methyl sites for hydroxylation is 1. The molecule has 5 nitrogen and oxygen atoms in total. The van der Waals surface area contributed by atoms with Crippen LogP contribution in [0.3, 0.4) is 0 Å². The van der Waals surface area contributed by atoms with Gasteiger partial charge in [-0.1, -0.05) is 24.6 Å². The van der Waals surface area contributed by atoms with Crippen LogP contribution in [0.1, 0.15) is 28.5 Å². The Morgan fingerprint density at radius 3 is 2.81 bits per heavy atom. The molecule has 110 valence electrons. The molecule has 0 aromatic carbocycles.